The number of rotatable bonds is 9. The summed E-state index contributed by atoms with van der Waals surface area (Å²) in [6.45, 7) is 13.9. The van der Waals surface area contributed by atoms with Gasteiger partial charge in [-0.05, 0) is 36.5 Å². The van der Waals surface area contributed by atoms with Crippen LogP contribution in [-0.4, -0.2) is 54.6 Å². The normalized spacial score (nSPS) is 11.9. The predicted molar refractivity (Wildman–Crippen MR) is 104 cm³/mol. The third kappa shape index (κ3) is 12.8. The highest BCUT2D eigenvalue weighted by Crippen LogP contribution is 2.24. The van der Waals surface area contributed by atoms with Crippen LogP contribution in [0.15, 0.2) is 24.3 Å². The van der Waals surface area contributed by atoms with Crippen LogP contribution in [0.25, 0.3) is 0 Å². The Balaban J connectivity index is 0.000000972. The number of nitrogens with one attached hydrogen (secondary N) is 1. The van der Waals surface area contributed by atoms with Crippen LogP contribution in [0.1, 0.15) is 46.6 Å². The van der Waals surface area contributed by atoms with E-state index in [1.54, 1.807) is 0 Å². The molecule has 0 aliphatic heterocycles. The fourth-order valence-corrected chi connectivity index (χ4v) is 1.89. The van der Waals surface area contributed by atoms with E-state index in [2.05, 4.69) is 52.1 Å². The highest BCUT2D eigenvalue weighted by Gasteiger charge is 2.12. The number of carboxylic acids is 2. The van der Waals surface area contributed by atoms with Crippen LogP contribution in [0.4, 0.5) is 0 Å². The van der Waals surface area contributed by atoms with Gasteiger partial charge in [0.1, 0.15) is 12.4 Å². The fraction of sp³-hybridized carbons (Fsp3) is 0.600. The maximum atomic E-state index is 9.10. The molecule has 3 N–H and O–H groups in total. The highest BCUT2D eigenvalue weighted by molar-refractivity contribution is 6.27. The third-order valence-corrected chi connectivity index (χ3v) is 3.75. The Hall–Kier alpha value is -2.12. The standard InChI is InChI=1S/C18H31NO2.C2H2O4/c1-6-15(2)19-11-12-20-13-14-21-17-9-7-16(8-10-17)18(3,4)5;3-1(4)2(5)6/h7-10,15,19H,6,11-14H2,1-5H3;(H,3,4)(H,5,6). The lowest BCUT2D eigenvalue weighted by atomic mass is 9.87. The minimum atomic E-state index is -1.82. The van der Waals surface area contributed by atoms with E-state index in [4.69, 9.17) is 29.3 Å². The molecule has 0 spiro atoms. The second-order valence-corrected chi connectivity index (χ2v) is 7.11. The van der Waals surface area contributed by atoms with Crippen molar-refractivity contribution >= 4 is 11.9 Å². The van der Waals surface area contributed by atoms with Crippen molar-refractivity contribution in [3.63, 3.8) is 0 Å². The van der Waals surface area contributed by atoms with Crippen molar-refractivity contribution in [2.75, 3.05) is 26.4 Å². The van der Waals surface area contributed by atoms with Crippen LogP contribution in [0.2, 0.25) is 0 Å². The van der Waals surface area contributed by atoms with Crippen LogP contribution < -0.4 is 10.1 Å². The lowest BCUT2D eigenvalue weighted by Gasteiger charge is -2.19. The molecule has 0 fully saturated rings. The Kier molecular flexibility index (Phi) is 12.1. The number of aliphatic carboxylic acids is 2. The molecule has 0 bridgehead atoms. The first-order chi connectivity index (χ1) is 12.6. The number of carbonyl (C=O) groups is 2. The van der Waals surface area contributed by atoms with Crippen molar-refractivity contribution in [1.82, 2.24) is 5.32 Å². The number of hydrogen-bond donors (Lipinski definition) is 3. The molecule has 0 heterocycles. The van der Waals surface area contributed by atoms with E-state index in [1.165, 1.54) is 5.56 Å². The van der Waals surface area contributed by atoms with E-state index < -0.39 is 11.9 Å². The summed E-state index contributed by atoms with van der Waals surface area (Å²) in [5.74, 6) is -2.74. The summed E-state index contributed by atoms with van der Waals surface area (Å²) < 4.78 is 11.2. The summed E-state index contributed by atoms with van der Waals surface area (Å²) in [4.78, 5) is 18.2. The molecule has 0 amide bonds. The lowest BCUT2D eigenvalue weighted by molar-refractivity contribution is -0.159. The Labute approximate surface area is 161 Å². The maximum Gasteiger partial charge on any atom is 0.414 e. The van der Waals surface area contributed by atoms with Gasteiger partial charge < -0.3 is 25.0 Å². The summed E-state index contributed by atoms with van der Waals surface area (Å²) >= 11 is 0. The molecule has 1 aromatic rings. The predicted octanol–water partition coefficient (Wildman–Crippen LogP) is 2.92. The quantitative estimate of drug-likeness (QED) is 0.445. The van der Waals surface area contributed by atoms with Gasteiger partial charge in [0, 0.05) is 12.6 Å². The van der Waals surface area contributed by atoms with Gasteiger partial charge in [0.05, 0.1) is 13.2 Å². The average molecular weight is 383 g/mol. The molecule has 0 radical (unpaired) electrons. The zero-order valence-electron chi connectivity index (χ0n) is 16.9. The van der Waals surface area contributed by atoms with E-state index in [0.29, 0.717) is 19.3 Å². The molecule has 7 heteroatoms. The summed E-state index contributed by atoms with van der Waals surface area (Å²) in [7, 11) is 0. The van der Waals surface area contributed by atoms with Crippen molar-refractivity contribution in [1.29, 1.82) is 0 Å². The summed E-state index contributed by atoms with van der Waals surface area (Å²) in [6, 6.07) is 8.89. The Bertz CT molecular complexity index is 539. The van der Waals surface area contributed by atoms with Crippen molar-refractivity contribution in [2.45, 2.75) is 52.5 Å². The molecular weight excluding hydrogens is 350 g/mol. The molecule has 0 aromatic heterocycles. The van der Waals surface area contributed by atoms with E-state index in [-0.39, 0.29) is 5.41 Å². The number of benzene rings is 1. The first-order valence-electron chi connectivity index (χ1n) is 9.08. The Morgan fingerprint density at radius 2 is 1.59 bits per heavy atom. The third-order valence-electron chi connectivity index (χ3n) is 3.75. The fourth-order valence-electron chi connectivity index (χ4n) is 1.89. The summed E-state index contributed by atoms with van der Waals surface area (Å²) in [5, 5.41) is 18.2. The topological polar surface area (TPSA) is 105 Å². The van der Waals surface area contributed by atoms with Gasteiger partial charge in [-0.3, -0.25) is 0 Å². The van der Waals surface area contributed by atoms with Gasteiger partial charge in [-0.1, -0.05) is 39.8 Å². The molecule has 154 valence electrons. The molecule has 0 aliphatic carbocycles. The molecule has 1 atom stereocenters. The van der Waals surface area contributed by atoms with Gasteiger partial charge in [-0.25, -0.2) is 9.59 Å². The van der Waals surface area contributed by atoms with Crippen molar-refractivity contribution in [3.8, 4) is 5.75 Å². The number of carboxylic acid groups (broad SMARTS) is 2. The summed E-state index contributed by atoms with van der Waals surface area (Å²) in [5.41, 5.74) is 1.51. The second-order valence-electron chi connectivity index (χ2n) is 7.11. The molecule has 7 nitrogen and oxygen atoms in total. The first-order valence-corrected chi connectivity index (χ1v) is 9.08. The van der Waals surface area contributed by atoms with Crippen LogP contribution in [0.5, 0.6) is 5.75 Å². The number of hydrogen-bond acceptors (Lipinski definition) is 5. The van der Waals surface area contributed by atoms with Crippen LogP contribution in [0.3, 0.4) is 0 Å². The minimum absolute atomic E-state index is 0.185. The largest absolute Gasteiger partial charge is 0.491 e. The smallest absolute Gasteiger partial charge is 0.414 e. The maximum absolute atomic E-state index is 9.10. The van der Waals surface area contributed by atoms with Gasteiger partial charge in [0.25, 0.3) is 0 Å². The minimum Gasteiger partial charge on any atom is -0.491 e. The van der Waals surface area contributed by atoms with Gasteiger partial charge in [0.15, 0.2) is 0 Å². The van der Waals surface area contributed by atoms with E-state index in [0.717, 1.165) is 25.3 Å². The molecule has 27 heavy (non-hydrogen) atoms. The molecular formula is C20H33NO6. The van der Waals surface area contributed by atoms with Gasteiger partial charge >= 0.3 is 11.9 Å². The zero-order valence-corrected chi connectivity index (χ0v) is 16.9. The lowest BCUT2D eigenvalue weighted by Crippen LogP contribution is -2.29. The van der Waals surface area contributed by atoms with Crippen molar-refractivity contribution in [3.05, 3.63) is 29.8 Å². The molecule has 0 saturated heterocycles. The Morgan fingerprint density at radius 3 is 2.04 bits per heavy atom. The molecule has 1 aromatic carbocycles. The van der Waals surface area contributed by atoms with Gasteiger partial charge in [-0.2, -0.15) is 0 Å². The molecule has 1 unspecified atom stereocenters. The number of ether oxygens (including phenoxy) is 2. The van der Waals surface area contributed by atoms with Crippen LogP contribution in [-0.2, 0) is 19.7 Å². The average Bonchev–Trinajstić information content (AvgIpc) is 2.60. The molecule has 1 rings (SSSR count). The van der Waals surface area contributed by atoms with E-state index in [9.17, 15) is 0 Å². The summed E-state index contributed by atoms with van der Waals surface area (Å²) in [6.07, 6.45) is 1.15. The van der Waals surface area contributed by atoms with Crippen LogP contribution >= 0.6 is 0 Å². The molecule has 0 aliphatic rings. The second kappa shape index (κ2) is 13.1. The highest BCUT2D eigenvalue weighted by atomic mass is 16.5. The monoisotopic (exact) mass is 383 g/mol. The SMILES string of the molecule is CCC(C)NCCOCCOc1ccc(C(C)(C)C)cc1.O=C(O)C(=O)O. The molecule has 0 saturated carbocycles. The van der Waals surface area contributed by atoms with Gasteiger partial charge in [0.2, 0.25) is 0 Å². The van der Waals surface area contributed by atoms with Gasteiger partial charge in [-0.15, -0.1) is 0 Å². The van der Waals surface area contributed by atoms with Crippen LogP contribution in [0, 0.1) is 0 Å². The zero-order chi connectivity index (χ0) is 20.9. The van der Waals surface area contributed by atoms with Crippen molar-refractivity contribution < 1.29 is 29.3 Å². The first kappa shape index (κ1) is 24.9. The van der Waals surface area contributed by atoms with E-state index in [1.807, 2.05) is 12.1 Å². The Morgan fingerprint density at radius 1 is 1.04 bits per heavy atom. The van der Waals surface area contributed by atoms with Crippen molar-refractivity contribution in [2.24, 2.45) is 0 Å². The van der Waals surface area contributed by atoms with E-state index >= 15 is 0 Å².